The summed E-state index contributed by atoms with van der Waals surface area (Å²) in [5, 5.41) is 4.20. The van der Waals surface area contributed by atoms with Gasteiger partial charge in [-0.05, 0) is 32.1 Å². The van der Waals surface area contributed by atoms with Crippen LogP contribution in [0.5, 0.6) is 0 Å². The fourth-order valence-electron chi connectivity index (χ4n) is 3.16. The lowest BCUT2D eigenvalue weighted by Gasteiger charge is -2.34. The standard InChI is InChI=1S/C17H28N4O2/c1-4-8-19(3)16(22)10-14-7-6-9-20(13-14)15-11-17(23)21(5-2)18-12-15/h11-12,14H,4-10,13H2,1-3H3. The molecule has 1 atom stereocenters. The number of nitrogens with zero attached hydrogens (tertiary/aromatic N) is 4. The summed E-state index contributed by atoms with van der Waals surface area (Å²) in [5.74, 6) is 0.572. The van der Waals surface area contributed by atoms with Crippen LogP contribution >= 0.6 is 0 Å². The number of anilines is 1. The van der Waals surface area contributed by atoms with Gasteiger partial charge in [0.15, 0.2) is 0 Å². The Kier molecular flexibility index (Phi) is 6.19. The molecule has 0 bridgehead atoms. The summed E-state index contributed by atoms with van der Waals surface area (Å²) < 4.78 is 1.45. The third-order valence-corrected chi connectivity index (χ3v) is 4.49. The Hall–Kier alpha value is -1.85. The van der Waals surface area contributed by atoms with Gasteiger partial charge in [0.25, 0.3) is 5.56 Å². The molecule has 1 unspecified atom stereocenters. The molecule has 1 aliphatic rings. The van der Waals surface area contributed by atoms with Crippen LogP contribution in [0.2, 0.25) is 0 Å². The maximum absolute atomic E-state index is 12.2. The number of amides is 1. The van der Waals surface area contributed by atoms with Crippen molar-refractivity contribution in [2.75, 3.05) is 31.6 Å². The predicted octanol–water partition coefficient (Wildman–Crippen LogP) is 1.74. The average Bonchev–Trinajstić information content (AvgIpc) is 2.55. The van der Waals surface area contributed by atoms with Gasteiger partial charge in [-0.1, -0.05) is 6.92 Å². The number of carbonyl (C=O) groups is 1. The van der Waals surface area contributed by atoms with Gasteiger partial charge in [0.1, 0.15) is 0 Å². The molecule has 0 aliphatic carbocycles. The van der Waals surface area contributed by atoms with E-state index in [1.807, 2.05) is 18.9 Å². The summed E-state index contributed by atoms with van der Waals surface area (Å²) in [6, 6.07) is 1.66. The molecule has 0 spiro atoms. The number of hydrogen-bond donors (Lipinski definition) is 0. The summed E-state index contributed by atoms with van der Waals surface area (Å²) >= 11 is 0. The van der Waals surface area contributed by atoms with Crippen LogP contribution < -0.4 is 10.5 Å². The number of rotatable bonds is 6. The van der Waals surface area contributed by atoms with Crippen LogP contribution in [0.15, 0.2) is 17.1 Å². The molecule has 0 N–H and O–H groups in total. The van der Waals surface area contributed by atoms with Gasteiger partial charge in [0.2, 0.25) is 5.91 Å². The maximum atomic E-state index is 12.2. The highest BCUT2D eigenvalue weighted by Crippen LogP contribution is 2.24. The first kappa shape index (κ1) is 17.5. The van der Waals surface area contributed by atoms with Crippen molar-refractivity contribution in [3.8, 4) is 0 Å². The summed E-state index contributed by atoms with van der Waals surface area (Å²) in [5.41, 5.74) is 0.810. The molecule has 6 heteroatoms. The molecule has 1 aromatic rings. The molecule has 0 aromatic carbocycles. The van der Waals surface area contributed by atoms with E-state index in [-0.39, 0.29) is 11.5 Å². The number of piperidine rings is 1. The van der Waals surface area contributed by atoms with Crippen LogP contribution in [-0.2, 0) is 11.3 Å². The predicted molar refractivity (Wildman–Crippen MR) is 91.7 cm³/mol. The van der Waals surface area contributed by atoms with Gasteiger partial charge in [0.05, 0.1) is 11.9 Å². The van der Waals surface area contributed by atoms with Crippen molar-refractivity contribution in [3.63, 3.8) is 0 Å². The van der Waals surface area contributed by atoms with Crippen LogP contribution in [-0.4, -0.2) is 47.3 Å². The van der Waals surface area contributed by atoms with Crippen LogP contribution in [0, 0.1) is 5.92 Å². The second kappa shape index (κ2) is 8.13. The minimum Gasteiger partial charge on any atom is -0.370 e. The topological polar surface area (TPSA) is 58.4 Å². The van der Waals surface area contributed by atoms with Crippen molar-refractivity contribution < 1.29 is 4.79 Å². The molecule has 1 aliphatic heterocycles. The smallest absolute Gasteiger partial charge is 0.268 e. The molecule has 2 heterocycles. The van der Waals surface area contributed by atoms with Gasteiger partial charge in [-0.2, -0.15) is 5.10 Å². The molecular formula is C17H28N4O2. The number of aryl methyl sites for hydroxylation is 1. The molecule has 6 nitrogen and oxygen atoms in total. The largest absolute Gasteiger partial charge is 0.370 e. The Labute approximate surface area is 138 Å². The fourth-order valence-corrected chi connectivity index (χ4v) is 3.16. The van der Waals surface area contributed by atoms with Gasteiger partial charge < -0.3 is 9.80 Å². The van der Waals surface area contributed by atoms with E-state index in [0.717, 1.165) is 44.6 Å². The van der Waals surface area contributed by atoms with Gasteiger partial charge in [-0.3, -0.25) is 9.59 Å². The molecule has 2 rings (SSSR count). The monoisotopic (exact) mass is 320 g/mol. The van der Waals surface area contributed by atoms with Crippen LogP contribution in [0.4, 0.5) is 5.69 Å². The third-order valence-electron chi connectivity index (χ3n) is 4.49. The maximum Gasteiger partial charge on any atom is 0.268 e. The zero-order valence-electron chi connectivity index (χ0n) is 14.5. The van der Waals surface area contributed by atoms with Crippen LogP contribution in [0.3, 0.4) is 0 Å². The lowest BCUT2D eigenvalue weighted by atomic mass is 9.94. The molecular weight excluding hydrogens is 292 g/mol. The SMILES string of the molecule is CCCN(C)C(=O)CC1CCCN(c2cnn(CC)c(=O)c2)C1. The van der Waals surface area contributed by atoms with E-state index in [9.17, 15) is 9.59 Å². The van der Waals surface area contributed by atoms with Crippen molar-refractivity contribution in [2.24, 2.45) is 5.92 Å². The first-order valence-corrected chi connectivity index (χ1v) is 8.61. The Morgan fingerprint density at radius 3 is 2.87 bits per heavy atom. The molecule has 0 saturated carbocycles. The van der Waals surface area contributed by atoms with Crippen molar-refractivity contribution in [1.29, 1.82) is 0 Å². The lowest BCUT2D eigenvalue weighted by Crippen LogP contribution is -2.39. The van der Waals surface area contributed by atoms with Gasteiger partial charge in [-0.25, -0.2) is 4.68 Å². The minimum absolute atomic E-state index is 0.0640. The summed E-state index contributed by atoms with van der Waals surface area (Å²) in [6.07, 6.45) is 5.46. The van der Waals surface area contributed by atoms with Gasteiger partial charge >= 0.3 is 0 Å². The normalized spacial score (nSPS) is 18.0. The van der Waals surface area contributed by atoms with Crippen molar-refractivity contribution in [2.45, 2.75) is 46.1 Å². The first-order valence-electron chi connectivity index (χ1n) is 8.61. The van der Waals surface area contributed by atoms with E-state index in [4.69, 9.17) is 0 Å². The average molecular weight is 320 g/mol. The summed E-state index contributed by atoms with van der Waals surface area (Å²) in [7, 11) is 1.88. The Morgan fingerprint density at radius 2 is 2.22 bits per heavy atom. The quantitative estimate of drug-likeness (QED) is 0.801. The molecule has 128 valence electrons. The zero-order valence-corrected chi connectivity index (χ0v) is 14.5. The highest BCUT2D eigenvalue weighted by Gasteiger charge is 2.24. The van der Waals surface area contributed by atoms with Crippen molar-refractivity contribution >= 4 is 11.6 Å². The van der Waals surface area contributed by atoms with Crippen molar-refractivity contribution in [1.82, 2.24) is 14.7 Å². The molecule has 1 saturated heterocycles. The molecule has 0 radical (unpaired) electrons. The third kappa shape index (κ3) is 4.56. The first-order chi connectivity index (χ1) is 11.0. The van der Waals surface area contributed by atoms with E-state index in [2.05, 4.69) is 16.9 Å². The van der Waals surface area contributed by atoms with Crippen LogP contribution in [0.1, 0.15) is 39.5 Å². The zero-order chi connectivity index (χ0) is 16.8. The summed E-state index contributed by atoms with van der Waals surface area (Å²) in [6.45, 7) is 7.13. The van der Waals surface area contributed by atoms with Gasteiger partial charge in [-0.15, -0.1) is 0 Å². The number of hydrogen-bond acceptors (Lipinski definition) is 4. The highest BCUT2D eigenvalue weighted by atomic mass is 16.2. The number of carbonyl (C=O) groups excluding carboxylic acids is 1. The highest BCUT2D eigenvalue weighted by molar-refractivity contribution is 5.76. The Balaban J connectivity index is 1.99. The van der Waals surface area contributed by atoms with E-state index < -0.39 is 0 Å². The van der Waals surface area contributed by atoms with Crippen LogP contribution in [0.25, 0.3) is 0 Å². The van der Waals surface area contributed by atoms with E-state index >= 15 is 0 Å². The summed E-state index contributed by atoms with van der Waals surface area (Å²) in [4.78, 5) is 28.2. The lowest BCUT2D eigenvalue weighted by molar-refractivity contribution is -0.131. The van der Waals surface area contributed by atoms with Crippen molar-refractivity contribution in [3.05, 3.63) is 22.6 Å². The van der Waals surface area contributed by atoms with E-state index in [0.29, 0.717) is 18.9 Å². The Bertz CT molecular complexity index is 584. The van der Waals surface area contributed by atoms with E-state index in [1.54, 1.807) is 12.3 Å². The molecule has 1 amide bonds. The number of aromatic nitrogens is 2. The molecule has 1 aromatic heterocycles. The fraction of sp³-hybridized carbons (Fsp3) is 0.706. The minimum atomic E-state index is -0.0640. The molecule has 23 heavy (non-hydrogen) atoms. The second-order valence-corrected chi connectivity index (χ2v) is 6.34. The van der Waals surface area contributed by atoms with Gasteiger partial charge in [0, 0.05) is 45.7 Å². The second-order valence-electron chi connectivity index (χ2n) is 6.34. The molecule has 1 fully saturated rings. The Morgan fingerprint density at radius 1 is 1.43 bits per heavy atom. The van der Waals surface area contributed by atoms with E-state index in [1.165, 1.54) is 4.68 Å².